The smallest absolute Gasteiger partial charge is 0.273 e. The first-order valence-corrected chi connectivity index (χ1v) is 5.41. The van der Waals surface area contributed by atoms with Gasteiger partial charge in [0.05, 0.1) is 11.8 Å². The third kappa shape index (κ3) is 2.76. The van der Waals surface area contributed by atoms with E-state index in [2.05, 4.69) is 10.5 Å². The third-order valence-corrected chi connectivity index (χ3v) is 2.32. The third-order valence-electron chi connectivity index (χ3n) is 2.32. The molecule has 0 saturated heterocycles. The molecule has 2 rings (SSSR count). The number of rotatable bonds is 3. The minimum absolute atomic E-state index is 0.354. The highest BCUT2D eigenvalue weighted by Gasteiger charge is 2.06. The Kier molecular flexibility index (Phi) is 3.43. The van der Waals surface area contributed by atoms with E-state index in [9.17, 15) is 4.79 Å². The van der Waals surface area contributed by atoms with Crippen LogP contribution in [0.1, 0.15) is 21.9 Å². The zero-order valence-electron chi connectivity index (χ0n) is 9.88. The van der Waals surface area contributed by atoms with Crippen molar-refractivity contribution in [3.8, 4) is 0 Å². The predicted molar refractivity (Wildman–Crippen MR) is 69.4 cm³/mol. The van der Waals surface area contributed by atoms with Crippen molar-refractivity contribution in [3.63, 3.8) is 0 Å². The number of nitrogens with zero attached hydrogens (tertiary/aromatic N) is 1. The number of hydrogen-bond acceptors (Lipinski definition) is 4. The lowest BCUT2D eigenvalue weighted by Gasteiger charge is -2.02. The van der Waals surface area contributed by atoms with Crippen LogP contribution in [0.4, 0.5) is 5.69 Å². The van der Waals surface area contributed by atoms with Crippen molar-refractivity contribution in [2.45, 2.75) is 6.92 Å². The molecule has 0 radical (unpaired) electrons. The Morgan fingerprint density at radius 3 is 2.78 bits per heavy atom. The molecule has 0 spiro atoms. The number of para-hydroxylation sites is 1. The molecule has 5 nitrogen and oxygen atoms in total. The maximum Gasteiger partial charge on any atom is 0.273 e. The summed E-state index contributed by atoms with van der Waals surface area (Å²) in [6.45, 7) is 1.83. The fourth-order valence-corrected chi connectivity index (χ4v) is 1.44. The van der Waals surface area contributed by atoms with E-state index in [0.29, 0.717) is 17.0 Å². The first-order chi connectivity index (χ1) is 8.66. The molecule has 18 heavy (non-hydrogen) atoms. The number of nitrogens with two attached hydrogens (primary N) is 1. The van der Waals surface area contributed by atoms with E-state index in [1.54, 1.807) is 30.3 Å². The van der Waals surface area contributed by atoms with E-state index in [1.165, 1.54) is 6.21 Å². The second kappa shape index (κ2) is 5.18. The monoisotopic (exact) mass is 243 g/mol. The van der Waals surface area contributed by atoms with E-state index in [1.807, 2.05) is 13.0 Å². The van der Waals surface area contributed by atoms with Gasteiger partial charge in [0.2, 0.25) is 0 Å². The van der Waals surface area contributed by atoms with Crippen LogP contribution in [-0.4, -0.2) is 12.1 Å². The summed E-state index contributed by atoms with van der Waals surface area (Å²) in [7, 11) is 0. The number of nitrogens with one attached hydrogen (secondary N) is 1. The van der Waals surface area contributed by atoms with Crippen molar-refractivity contribution < 1.29 is 9.21 Å². The molecule has 0 unspecified atom stereocenters. The lowest BCUT2D eigenvalue weighted by Crippen LogP contribution is -2.18. The topological polar surface area (TPSA) is 80.6 Å². The number of hydrazone groups is 1. The highest BCUT2D eigenvalue weighted by atomic mass is 16.3. The largest absolute Gasteiger partial charge is 0.460 e. The SMILES string of the molecule is Cc1ccc(/C=N/NC(=O)c2ccccc2N)o1. The number of anilines is 1. The first-order valence-electron chi connectivity index (χ1n) is 5.41. The number of amides is 1. The quantitative estimate of drug-likeness (QED) is 0.491. The normalized spacial score (nSPS) is 10.7. The van der Waals surface area contributed by atoms with Crippen molar-refractivity contribution in [1.82, 2.24) is 5.43 Å². The van der Waals surface area contributed by atoms with E-state index < -0.39 is 0 Å². The zero-order chi connectivity index (χ0) is 13.0. The summed E-state index contributed by atoms with van der Waals surface area (Å²) >= 11 is 0. The molecule has 2 aromatic rings. The summed E-state index contributed by atoms with van der Waals surface area (Å²) in [4.78, 5) is 11.7. The zero-order valence-corrected chi connectivity index (χ0v) is 9.88. The molecule has 0 aliphatic heterocycles. The Hall–Kier alpha value is -2.56. The summed E-state index contributed by atoms with van der Waals surface area (Å²) in [6, 6.07) is 10.4. The van der Waals surface area contributed by atoms with E-state index in [4.69, 9.17) is 10.2 Å². The minimum atomic E-state index is -0.354. The van der Waals surface area contributed by atoms with Crippen LogP contribution in [0, 0.1) is 6.92 Å². The van der Waals surface area contributed by atoms with Gasteiger partial charge in [0.25, 0.3) is 5.91 Å². The number of carbonyl (C=O) groups is 1. The molecule has 5 heteroatoms. The van der Waals surface area contributed by atoms with Gasteiger partial charge in [-0.1, -0.05) is 12.1 Å². The highest BCUT2D eigenvalue weighted by molar-refractivity contribution is 5.99. The minimum Gasteiger partial charge on any atom is -0.460 e. The molecule has 0 atom stereocenters. The Morgan fingerprint density at radius 2 is 2.11 bits per heavy atom. The molecule has 1 amide bonds. The van der Waals surface area contributed by atoms with E-state index in [-0.39, 0.29) is 5.91 Å². The maximum atomic E-state index is 11.7. The molecule has 0 aliphatic rings. The molecule has 3 N–H and O–H groups in total. The summed E-state index contributed by atoms with van der Waals surface area (Å²) < 4.78 is 5.27. The summed E-state index contributed by atoms with van der Waals surface area (Å²) in [6.07, 6.45) is 1.43. The Labute approximate surface area is 104 Å². The van der Waals surface area contributed by atoms with Gasteiger partial charge in [0, 0.05) is 5.69 Å². The molecule has 1 heterocycles. The summed E-state index contributed by atoms with van der Waals surface area (Å²) in [5.74, 6) is 1.01. The van der Waals surface area contributed by atoms with Crippen LogP contribution >= 0.6 is 0 Å². The molecule has 92 valence electrons. The Morgan fingerprint density at radius 1 is 1.33 bits per heavy atom. The van der Waals surface area contributed by atoms with Crippen LogP contribution in [0.5, 0.6) is 0 Å². The number of furan rings is 1. The number of hydrogen-bond donors (Lipinski definition) is 2. The van der Waals surface area contributed by atoms with Gasteiger partial charge in [-0.3, -0.25) is 4.79 Å². The van der Waals surface area contributed by atoms with Crippen molar-refractivity contribution in [3.05, 3.63) is 53.5 Å². The lowest BCUT2D eigenvalue weighted by molar-refractivity contribution is 0.0956. The molecule has 0 fully saturated rings. The molecule has 0 aliphatic carbocycles. The van der Waals surface area contributed by atoms with Crippen LogP contribution in [0.15, 0.2) is 45.9 Å². The Balaban J connectivity index is 2.01. The van der Waals surface area contributed by atoms with Crippen LogP contribution in [0.25, 0.3) is 0 Å². The first kappa shape index (κ1) is 11.9. The summed E-state index contributed by atoms with van der Waals surface area (Å²) in [5, 5.41) is 3.80. The van der Waals surface area contributed by atoms with Crippen LogP contribution in [-0.2, 0) is 0 Å². The second-order valence-corrected chi connectivity index (χ2v) is 3.73. The van der Waals surface area contributed by atoms with Crippen molar-refractivity contribution >= 4 is 17.8 Å². The average Bonchev–Trinajstić information content (AvgIpc) is 2.75. The number of nitrogen functional groups attached to an aromatic ring is 1. The van der Waals surface area contributed by atoms with Gasteiger partial charge in [-0.05, 0) is 31.2 Å². The van der Waals surface area contributed by atoms with Gasteiger partial charge in [-0.2, -0.15) is 5.10 Å². The second-order valence-electron chi connectivity index (χ2n) is 3.73. The van der Waals surface area contributed by atoms with Gasteiger partial charge < -0.3 is 10.2 Å². The fourth-order valence-electron chi connectivity index (χ4n) is 1.44. The van der Waals surface area contributed by atoms with Gasteiger partial charge in [-0.15, -0.1) is 0 Å². The molecule has 1 aromatic carbocycles. The number of aryl methyl sites for hydroxylation is 1. The van der Waals surface area contributed by atoms with Crippen LogP contribution < -0.4 is 11.2 Å². The van der Waals surface area contributed by atoms with Crippen LogP contribution in [0.2, 0.25) is 0 Å². The van der Waals surface area contributed by atoms with E-state index in [0.717, 1.165) is 5.76 Å². The fraction of sp³-hybridized carbons (Fsp3) is 0.0769. The molecule has 1 aromatic heterocycles. The standard InChI is InChI=1S/C13H13N3O2/c1-9-6-7-10(18-9)8-15-16-13(17)11-4-2-3-5-12(11)14/h2-8H,14H2,1H3,(H,16,17)/b15-8+. The van der Waals surface area contributed by atoms with Gasteiger partial charge in [0.15, 0.2) is 0 Å². The van der Waals surface area contributed by atoms with Crippen molar-refractivity contribution in [2.24, 2.45) is 5.10 Å². The lowest BCUT2D eigenvalue weighted by atomic mass is 10.2. The van der Waals surface area contributed by atoms with Gasteiger partial charge >= 0.3 is 0 Å². The molecular weight excluding hydrogens is 230 g/mol. The average molecular weight is 243 g/mol. The molecule has 0 saturated carbocycles. The van der Waals surface area contributed by atoms with Crippen molar-refractivity contribution in [1.29, 1.82) is 0 Å². The summed E-state index contributed by atoms with van der Waals surface area (Å²) in [5.41, 5.74) is 8.87. The van der Waals surface area contributed by atoms with Crippen molar-refractivity contribution in [2.75, 3.05) is 5.73 Å². The predicted octanol–water partition coefficient (Wildman–Crippen LogP) is 1.93. The molecular formula is C13H13N3O2. The van der Waals surface area contributed by atoms with Gasteiger partial charge in [0.1, 0.15) is 11.5 Å². The van der Waals surface area contributed by atoms with Crippen LogP contribution in [0.3, 0.4) is 0 Å². The van der Waals surface area contributed by atoms with Gasteiger partial charge in [-0.25, -0.2) is 5.43 Å². The Bertz CT molecular complexity index is 587. The maximum absolute atomic E-state index is 11.7. The number of carbonyl (C=O) groups excluding carboxylic acids is 1. The highest BCUT2D eigenvalue weighted by Crippen LogP contribution is 2.09. The van der Waals surface area contributed by atoms with E-state index >= 15 is 0 Å². The number of benzene rings is 1. The molecule has 0 bridgehead atoms.